The van der Waals surface area contributed by atoms with Gasteiger partial charge < -0.3 is 15.2 Å². The minimum Gasteiger partial charge on any atom is -0.497 e. The van der Waals surface area contributed by atoms with Gasteiger partial charge in [0, 0.05) is 6.07 Å². The minimum atomic E-state index is 0.491. The standard InChI is InChI=1S/C12H17NO2/c1-3-8-15-12-9-11(14-2)5-4-10(12)6-7-13/h3-5,9H,1,6-8,13H2,2H3. The highest BCUT2D eigenvalue weighted by molar-refractivity contribution is 5.41. The highest BCUT2D eigenvalue weighted by Crippen LogP contribution is 2.25. The van der Waals surface area contributed by atoms with Crippen LogP contribution in [0.3, 0.4) is 0 Å². The van der Waals surface area contributed by atoms with Gasteiger partial charge in [-0.05, 0) is 24.6 Å². The Hall–Kier alpha value is -1.48. The second-order valence-electron chi connectivity index (χ2n) is 3.11. The van der Waals surface area contributed by atoms with Crippen LogP contribution in [-0.2, 0) is 6.42 Å². The average molecular weight is 207 g/mol. The third kappa shape index (κ3) is 3.29. The summed E-state index contributed by atoms with van der Waals surface area (Å²) in [6.45, 7) is 4.71. The number of benzene rings is 1. The summed E-state index contributed by atoms with van der Waals surface area (Å²) in [5.74, 6) is 1.61. The molecule has 1 aromatic carbocycles. The van der Waals surface area contributed by atoms with Gasteiger partial charge >= 0.3 is 0 Å². The van der Waals surface area contributed by atoms with Crippen molar-refractivity contribution in [2.45, 2.75) is 6.42 Å². The molecule has 0 saturated carbocycles. The molecule has 0 bridgehead atoms. The van der Waals surface area contributed by atoms with E-state index in [-0.39, 0.29) is 0 Å². The van der Waals surface area contributed by atoms with Crippen LogP contribution in [0.5, 0.6) is 11.5 Å². The fourth-order valence-corrected chi connectivity index (χ4v) is 1.31. The summed E-state index contributed by atoms with van der Waals surface area (Å²) in [7, 11) is 1.63. The summed E-state index contributed by atoms with van der Waals surface area (Å²) >= 11 is 0. The lowest BCUT2D eigenvalue weighted by Crippen LogP contribution is -2.05. The summed E-state index contributed by atoms with van der Waals surface area (Å²) in [5, 5.41) is 0. The Kier molecular flexibility index (Phi) is 4.71. The maximum atomic E-state index is 5.53. The van der Waals surface area contributed by atoms with E-state index in [4.69, 9.17) is 15.2 Å². The number of hydrogen-bond acceptors (Lipinski definition) is 3. The van der Waals surface area contributed by atoms with E-state index in [1.54, 1.807) is 13.2 Å². The van der Waals surface area contributed by atoms with Gasteiger partial charge in [-0.1, -0.05) is 18.7 Å². The molecule has 0 amide bonds. The summed E-state index contributed by atoms with van der Waals surface area (Å²) < 4.78 is 10.7. The molecule has 0 aromatic heterocycles. The predicted octanol–water partition coefficient (Wildman–Crippen LogP) is 1.76. The number of hydrogen-bond donors (Lipinski definition) is 1. The first kappa shape index (κ1) is 11.6. The van der Waals surface area contributed by atoms with Crippen LogP contribution in [0.1, 0.15) is 5.56 Å². The molecule has 0 spiro atoms. The normalized spacial score (nSPS) is 9.73. The molecule has 15 heavy (non-hydrogen) atoms. The lowest BCUT2D eigenvalue weighted by atomic mass is 10.1. The van der Waals surface area contributed by atoms with Crippen molar-refractivity contribution < 1.29 is 9.47 Å². The van der Waals surface area contributed by atoms with Gasteiger partial charge in [-0.15, -0.1) is 0 Å². The molecule has 0 radical (unpaired) electrons. The van der Waals surface area contributed by atoms with E-state index in [1.165, 1.54) is 0 Å². The van der Waals surface area contributed by atoms with E-state index in [2.05, 4.69) is 6.58 Å². The summed E-state index contributed by atoms with van der Waals surface area (Å²) in [4.78, 5) is 0. The molecular formula is C12H17NO2. The molecule has 1 rings (SSSR count). The Morgan fingerprint density at radius 2 is 2.27 bits per heavy atom. The smallest absolute Gasteiger partial charge is 0.126 e. The third-order valence-corrected chi connectivity index (χ3v) is 2.04. The van der Waals surface area contributed by atoms with Crippen LogP contribution in [-0.4, -0.2) is 20.3 Å². The molecular weight excluding hydrogens is 190 g/mol. The van der Waals surface area contributed by atoms with E-state index < -0.39 is 0 Å². The maximum Gasteiger partial charge on any atom is 0.126 e. The zero-order chi connectivity index (χ0) is 11.1. The first-order valence-electron chi connectivity index (χ1n) is 4.92. The van der Waals surface area contributed by atoms with E-state index in [0.717, 1.165) is 23.5 Å². The fraction of sp³-hybridized carbons (Fsp3) is 0.333. The zero-order valence-electron chi connectivity index (χ0n) is 9.03. The first-order chi connectivity index (χ1) is 7.31. The van der Waals surface area contributed by atoms with Gasteiger partial charge in [0.2, 0.25) is 0 Å². The second kappa shape index (κ2) is 6.09. The van der Waals surface area contributed by atoms with Crippen LogP contribution in [0, 0.1) is 0 Å². The summed E-state index contributed by atoms with van der Waals surface area (Å²) in [6.07, 6.45) is 2.52. The van der Waals surface area contributed by atoms with Crippen LogP contribution >= 0.6 is 0 Å². The van der Waals surface area contributed by atoms with Crippen LogP contribution in [0.2, 0.25) is 0 Å². The Balaban J connectivity index is 2.88. The van der Waals surface area contributed by atoms with Crippen LogP contribution in [0.15, 0.2) is 30.9 Å². The molecule has 0 fully saturated rings. The van der Waals surface area contributed by atoms with Crippen LogP contribution in [0.25, 0.3) is 0 Å². The van der Waals surface area contributed by atoms with Crippen molar-refractivity contribution in [2.75, 3.05) is 20.3 Å². The topological polar surface area (TPSA) is 44.5 Å². The molecule has 0 heterocycles. The van der Waals surface area contributed by atoms with Crippen molar-refractivity contribution in [3.05, 3.63) is 36.4 Å². The van der Waals surface area contributed by atoms with Gasteiger partial charge in [-0.2, -0.15) is 0 Å². The van der Waals surface area contributed by atoms with Gasteiger partial charge in [0.05, 0.1) is 7.11 Å². The largest absolute Gasteiger partial charge is 0.497 e. The van der Waals surface area contributed by atoms with Gasteiger partial charge in [-0.3, -0.25) is 0 Å². The zero-order valence-corrected chi connectivity index (χ0v) is 9.03. The van der Waals surface area contributed by atoms with Crippen molar-refractivity contribution in [1.29, 1.82) is 0 Å². The second-order valence-corrected chi connectivity index (χ2v) is 3.11. The highest BCUT2D eigenvalue weighted by Gasteiger charge is 2.04. The number of ether oxygens (including phenoxy) is 2. The molecule has 1 aromatic rings. The Bertz CT molecular complexity index is 323. The predicted molar refractivity (Wildman–Crippen MR) is 61.4 cm³/mol. The van der Waals surface area contributed by atoms with Gasteiger partial charge in [0.1, 0.15) is 18.1 Å². The summed E-state index contributed by atoms with van der Waals surface area (Å²) in [5.41, 5.74) is 6.62. The van der Waals surface area contributed by atoms with Crippen molar-refractivity contribution in [3.63, 3.8) is 0 Å². The molecule has 0 atom stereocenters. The van der Waals surface area contributed by atoms with Crippen molar-refractivity contribution in [3.8, 4) is 11.5 Å². The monoisotopic (exact) mass is 207 g/mol. The van der Waals surface area contributed by atoms with Crippen molar-refractivity contribution in [2.24, 2.45) is 5.73 Å². The average Bonchev–Trinajstić information content (AvgIpc) is 2.28. The van der Waals surface area contributed by atoms with E-state index in [1.807, 2.05) is 18.2 Å². The Morgan fingerprint density at radius 3 is 2.87 bits per heavy atom. The lowest BCUT2D eigenvalue weighted by Gasteiger charge is -2.11. The number of methoxy groups -OCH3 is 1. The lowest BCUT2D eigenvalue weighted by molar-refractivity contribution is 0.353. The van der Waals surface area contributed by atoms with E-state index in [0.29, 0.717) is 13.2 Å². The molecule has 0 aliphatic heterocycles. The molecule has 0 aliphatic carbocycles. The summed E-state index contributed by atoms with van der Waals surface area (Å²) in [6, 6.07) is 5.75. The highest BCUT2D eigenvalue weighted by atomic mass is 16.5. The minimum absolute atomic E-state index is 0.491. The molecule has 82 valence electrons. The fourth-order valence-electron chi connectivity index (χ4n) is 1.31. The number of rotatable bonds is 6. The van der Waals surface area contributed by atoms with E-state index in [9.17, 15) is 0 Å². The van der Waals surface area contributed by atoms with Crippen LogP contribution in [0.4, 0.5) is 0 Å². The van der Waals surface area contributed by atoms with E-state index >= 15 is 0 Å². The Labute approximate surface area is 90.5 Å². The molecule has 0 saturated heterocycles. The quantitative estimate of drug-likeness (QED) is 0.723. The van der Waals surface area contributed by atoms with Crippen molar-refractivity contribution in [1.82, 2.24) is 0 Å². The molecule has 3 nitrogen and oxygen atoms in total. The molecule has 0 aliphatic rings. The molecule has 2 N–H and O–H groups in total. The molecule has 0 unspecified atom stereocenters. The van der Waals surface area contributed by atoms with Crippen molar-refractivity contribution >= 4 is 0 Å². The van der Waals surface area contributed by atoms with Gasteiger partial charge in [0.15, 0.2) is 0 Å². The Morgan fingerprint density at radius 1 is 1.47 bits per heavy atom. The van der Waals surface area contributed by atoms with Gasteiger partial charge in [-0.25, -0.2) is 0 Å². The third-order valence-electron chi connectivity index (χ3n) is 2.04. The maximum absolute atomic E-state index is 5.53. The van der Waals surface area contributed by atoms with Crippen LogP contribution < -0.4 is 15.2 Å². The SMILES string of the molecule is C=CCOc1cc(OC)ccc1CCN. The molecule has 3 heteroatoms. The number of nitrogens with two attached hydrogens (primary N) is 1. The first-order valence-corrected chi connectivity index (χ1v) is 4.92. The van der Waals surface area contributed by atoms with Gasteiger partial charge in [0.25, 0.3) is 0 Å².